The van der Waals surface area contributed by atoms with Gasteiger partial charge in [0.05, 0.1) is 12.3 Å². The summed E-state index contributed by atoms with van der Waals surface area (Å²) in [5.41, 5.74) is 4.21. The predicted molar refractivity (Wildman–Crippen MR) is 106 cm³/mol. The summed E-state index contributed by atoms with van der Waals surface area (Å²) in [5.74, 6) is 2.12. The second kappa shape index (κ2) is 8.34. The third-order valence-electron chi connectivity index (χ3n) is 3.88. The molecule has 0 radical (unpaired) electrons. The molecule has 134 valence electrons. The maximum atomic E-state index is 5.65. The van der Waals surface area contributed by atoms with Gasteiger partial charge in [-0.3, -0.25) is 0 Å². The Morgan fingerprint density at radius 2 is 1.73 bits per heavy atom. The van der Waals surface area contributed by atoms with Crippen LogP contribution in [0.1, 0.15) is 23.7 Å². The highest BCUT2D eigenvalue weighted by Gasteiger charge is 2.07. The van der Waals surface area contributed by atoms with Crippen molar-refractivity contribution < 1.29 is 4.74 Å². The van der Waals surface area contributed by atoms with E-state index in [4.69, 9.17) is 4.74 Å². The molecule has 5 heteroatoms. The number of nitrogens with zero attached hydrogens (tertiary/aromatic N) is 2. The van der Waals surface area contributed by atoms with E-state index < -0.39 is 0 Å². The summed E-state index contributed by atoms with van der Waals surface area (Å²) >= 11 is 0. The molecule has 5 nitrogen and oxygen atoms in total. The number of nitrogens with one attached hydrogen (secondary N) is 2. The first-order chi connectivity index (χ1) is 12.6. The van der Waals surface area contributed by atoms with Gasteiger partial charge in [0, 0.05) is 18.3 Å². The van der Waals surface area contributed by atoms with Crippen LogP contribution < -0.4 is 15.4 Å². The van der Waals surface area contributed by atoms with Crippen LogP contribution in [0, 0.1) is 13.8 Å². The average molecular weight is 348 g/mol. The molecule has 0 saturated heterocycles. The molecule has 1 heterocycles. The van der Waals surface area contributed by atoms with E-state index >= 15 is 0 Å². The van der Waals surface area contributed by atoms with Gasteiger partial charge < -0.3 is 15.4 Å². The molecule has 1 aromatic heterocycles. The molecule has 0 unspecified atom stereocenters. The summed E-state index contributed by atoms with van der Waals surface area (Å²) in [4.78, 5) is 9.05. The van der Waals surface area contributed by atoms with Crippen molar-refractivity contribution in [1.29, 1.82) is 0 Å². The minimum atomic E-state index is 0.545. The lowest BCUT2D eigenvalue weighted by atomic mass is 10.1. The third kappa shape index (κ3) is 4.72. The smallest absolute Gasteiger partial charge is 0.229 e. The van der Waals surface area contributed by atoms with E-state index in [1.165, 1.54) is 11.1 Å². The molecule has 0 spiro atoms. The minimum Gasteiger partial charge on any atom is -0.492 e. The van der Waals surface area contributed by atoms with Crippen LogP contribution in [0.15, 0.2) is 54.6 Å². The fourth-order valence-corrected chi connectivity index (χ4v) is 2.59. The summed E-state index contributed by atoms with van der Waals surface area (Å²) in [6.45, 7) is 7.33. The molecular formula is C21H24N4O. The Balaban J connectivity index is 1.74. The predicted octanol–water partition coefficient (Wildman–Crippen LogP) is 4.85. The lowest BCUT2D eigenvalue weighted by molar-refractivity contribution is 0.342. The highest BCUT2D eigenvalue weighted by Crippen LogP contribution is 2.26. The Morgan fingerprint density at radius 3 is 2.50 bits per heavy atom. The van der Waals surface area contributed by atoms with Crippen LogP contribution in [0.25, 0.3) is 0 Å². The van der Waals surface area contributed by atoms with E-state index in [-0.39, 0.29) is 0 Å². The molecule has 3 aromatic rings. The lowest BCUT2D eigenvalue weighted by Crippen LogP contribution is -2.06. The van der Waals surface area contributed by atoms with Gasteiger partial charge in [0.15, 0.2) is 0 Å². The molecule has 0 aliphatic heterocycles. The number of hydrogen-bond acceptors (Lipinski definition) is 5. The van der Waals surface area contributed by atoms with Crippen molar-refractivity contribution in [3.05, 3.63) is 71.4 Å². The summed E-state index contributed by atoms with van der Waals surface area (Å²) < 4.78 is 5.65. The van der Waals surface area contributed by atoms with Crippen molar-refractivity contribution >= 4 is 17.5 Å². The molecule has 3 rings (SSSR count). The van der Waals surface area contributed by atoms with Crippen LogP contribution >= 0.6 is 0 Å². The number of hydrogen-bond donors (Lipinski definition) is 2. The zero-order valence-corrected chi connectivity index (χ0v) is 15.4. The maximum absolute atomic E-state index is 5.65. The van der Waals surface area contributed by atoms with Crippen LogP contribution in [0.2, 0.25) is 0 Å². The molecule has 0 amide bonds. The van der Waals surface area contributed by atoms with Crippen molar-refractivity contribution in [2.45, 2.75) is 27.3 Å². The summed E-state index contributed by atoms with van der Waals surface area (Å²) in [6.07, 6.45) is 0. The van der Waals surface area contributed by atoms with Gasteiger partial charge in [-0.1, -0.05) is 42.0 Å². The Morgan fingerprint density at radius 1 is 0.962 bits per heavy atom. The van der Waals surface area contributed by atoms with E-state index in [1.807, 2.05) is 44.2 Å². The zero-order valence-electron chi connectivity index (χ0n) is 15.4. The van der Waals surface area contributed by atoms with Crippen molar-refractivity contribution in [3.63, 3.8) is 0 Å². The number of rotatable bonds is 7. The van der Waals surface area contributed by atoms with Gasteiger partial charge >= 0.3 is 0 Å². The average Bonchev–Trinajstić information content (AvgIpc) is 2.63. The van der Waals surface area contributed by atoms with Gasteiger partial charge in [-0.05, 0) is 38.5 Å². The number of aryl methyl sites for hydroxylation is 2. The molecule has 0 aliphatic rings. The van der Waals surface area contributed by atoms with E-state index in [0.717, 1.165) is 22.9 Å². The van der Waals surface area contributed by atoms with Gasteiger partial charge in [-0.15, -0.1) is 0 Å². The first kappa shape index (κ1) is 17.7. The number of ether oxygens (including phenoxy) is 1. The molecule has 0 atom stereocenters. The summed E-state index contributed by atoms with van der Waals surface area (Å²) in [6, 6.07) is 18.2. The van der Waals surface area contributed by atoms with Gasteiger partial charge in [0.1, 0.15) is 11.6 Å². The van der Waals surface area contributed by atoms with E-state index in [2.05, 4.69) is 51.8 Å². The fourth-order valence-electron chi connectivity index (χ4n) is 2.59. The van der Waals surface area contributed by atoms with Crippen molar-refractivity contribution in [1.82, 2.24) is 9.97 Å². The SMILES string of the molecule is CCOc1ccccc1Nc1nc(C)cc(NCc2ccc(C)cc2)n1. The second-order valence-corrected chi connectivity index (χ2v) is 6.11. The monoisotopic (exact) mass is 348 g/mol. The zero-order chi connectivity index (χ0) is 18.4. The summed E-state index contributed by atoms with van der Waals surface area (Å²) in [7, 11) is 0. The van der Waals surface area contributed by atoms with Gasteiger partial charge in [0.25, 0.3) is 0 Å². The molecule has 0 bridgehead atoms. The second-order valence-electron chi connectivity index (χ2n) is 6.11. The number of benzene rings is 2. The van der Waals surface area contributed by atoms with Crippen LogP contribution in [-0.4, -0.2) is 16.6 Å². The number of anilines is 3. The first-order valence-corrected chi connectivity index (χ1v) is 8.78. The Hall–Kier alpha value is -3.08. The molecule has 2 N–H and O–H groups in total. The highest BCUT2D eigenvalue weighted by molar-refractivity contribution is 5.63. The topological polar surface area (TPSA) is 59.1 Å². The van der Waals surface area contributed by atoms with Crippen LogP contribution in [-0.2, 0) is 6.54 Å². The summed E-state index contributed by atoms with van der Waals surface area (Å²) in [5, 5.41) is 6.62. The van der Waals surface area contributed by atoms with E-state index in [1.54, 1.807) is 0 Å². The number of para-hydroxylation sites is 2. The fraction of sp³-hybridized carbons (Fsp3) is 0.238. The van der Waals surface area contributed by atoms with E-state index in [9.17, 15) is 0 Å². The number of aromatic nitrogens is 2. The van der Waals surface area contributed by atoms with Crippen LogP contribution in [0.4, 0.5) is 17.5 Å². The maximum Gasteiger partial charge on any atom is 0.229 e. The minimum absolute atomic E-state index is 0.545. The molecular weight excluding hydrogens is 324 g/mol. The molecule has 0 fully saturated rings. The quantitative estimate of drug-likeness (QED) is 0.639. The van der Waals surface area contributed by atoms with Gasteiger partial charge in [-0.25, -0.2) is 4.98 Å². The van der Waals surface area contributed by atoms with Crippen LogP contribution in [0.3, 0.4) is 0 Å². The van der Waals surface area contributed by atoms with Gasteiger partial charge in [0.2, 0.25) is 5.95 Å². The van der Waals surface area contributed by atoms with Crippen molar-refractivity contribution in [3.8, 4) is 5.75 Å². The van der Waals surface area contributed by atoms with Crippen LogP contribution in [0.5, 0.6) is 5.75 Å². The molecule has 2 aromatic carbocycles. The van der Waals surface area contributed by atoms with E-state index in [0.29, 0.717) is 19.1 Å². The normalized spacial score (nSPS) is 10.4. The third-order valence-corrected chi connectivity index (χ3v) is 3.88. The van der Waals surface area contributed by atoms with Crippen molar-refractivity contribution in [2.24, 2.45) is 0 Å². The Labute approximate surface area is 154 Å². The Kier molecular flexibility index (Phi) is 5.69. The molecule has 0 saturated carbocycles. The first-order valence-electron chi connectivity index (χ1n) is 8.78. The Bertz CT molecular complexity index is 862. The van der Waals surface area contributed by atoms with Gasteiger partial charge in [-0.2, -0.15) is 4.98 Å². The van der Waals surface area contributed by atoms with Crippen molar-refractivity contribution in [2.75, 3.05) is 17.2 Å². The molecule has 26 heavy (non-hydrogen) atoms. The standard InChI is InChI=1S/C21H24N4O/c1-4-26-19-8-6-5-7-18(19)24-21-23-16(3)13-20(25-21)22-14-17-11-9-15(2)10-12-17/h5-13H,4,14H2,1-3H3,(H2,22,23,24,25). The largest absolute Gasteiger partial charge is 0.492 e. The molecule has 0 aliphatic carbocycles. The lowest BCUT2D eigenvalue weighted by Gasteiger charge is -2.13. The highest BCUT2D eigenvalue weighted by atomic mass is 16.5.